The van der Waals surface area contributed by atoms with Crippen molar-refractivity contribution in [3.63, 3.8) is 0 Å². The molecule has 2 rings (SSSR count). The quantitative estimate of drug-likeness (QED) is 0.785. The minimum absolute atomic E-state index is 0.0617. The number of hydrogen-bond donors (Lipinski definition) is 1. The fourth-order valence-electron chi connectivity index (χ4n) is 3.37. The molecule has 0 atom stereocenters. The molecule has 1 aromatic carbocycles. The zero-order valence-electron chi connectivity index (χ0n) is 16.7. The molecule has 27 heavy (non-hydrogen) atoms. The van der Waals surface area contributed by atoms with E-state index in [1.165, 1.54) is 5.56 Å². The number of rotatable bonds is 7. The first-order valence-electron chi connectivity index (χ1n) is 9.72. The van der Waals surface area contributed by atoms with Crippen LogP contribution in [0.15, 0.2) is 30.3 Å². The second-order valence-electron chi connectivity index (χ2n) is 8.16. The zero-order valence-corrected chi connectivity index (χ0v) is 16.7. The summed E-state index contributed by atoms with van der Waals surface area (Å²) < 4.78 is 5.56. The number of amides is 1. The van der Waals surface area contributed by atoms with Crippen LogP contribution in [-0.4, -0.2) is 58.2 Å². The van der Waals surface area contributed by atoms with Crippen LogP contribution in [0.5, 0.6) is 0 Å². The van der Waals surface area contributed by atoms with Gasteiger partial charge in [-0.15, -0.1) is 0 Å². The van der Waals surface area contributed by atoms with Crippen LogP contribution in [0.1, 0.15) is 52.0 Å². The van der Waals surface area contributed by atoms with Gasteiger partial charge < -0.3 is 14.7 Å². The van der Waals surface area contributed by atoms with Gasteiger partial charge in [-0.1, -0.05) is 30.3 Å². The molecule has 1 fully saturated rings. The van der Waals surface area contributed by atoms with Gasteiger partial charge in [0, 0.05) is 38.6 Å². The van der Waals surface area contributed by atoms with Crippen molar-refractivity contribution in [2.24, 2.45) is 0 Å². The lowest BCUT2D eigenvalue weighted by Gasteiger charge is -2.39. The van der Waals surface area contributed by atoms with Gasteiger partial charge in [-0.3, -0.25) is 9.69 Å². The van der Waals surface area contributed by atoms with E-state index in [2.05, 4.69) is 29.2 Å². The number of carboxylic acid groups (broad SMARTS) is 1. The molecule has 1 amide bonds. The van der Waals surface area contributed by atoms with E-state index in [1.807, 2.05) is 26.8 Å². The van der Waals surface area contributed by atoms with Crippen LogP contribution in [0.4, 0.5) is 4.79 Å². The number of ether oxygens (including phenoxy) is 1. The second kappa shape index (κ2) is 9.74. The number of piperidine rings is 1. The summed E-state index contributed by atoms with van der Waals surface area (Å²) in [5.74, 6) is -0.836. The Labute approximate surface area is 162 Å². The fraction of sp³-hybridized carbons (Fsp3) is 0.619. The van der Waals surface area contributed by atoms with Gasteiger partial charge in [0.05, 0.1) is 0 Å². The van der Waals surface area contributed by atoms with Crippen molar-refractivity contribution in [2.45, 2.75) is 64.6 Å². The third-order valence-corrected chi connectivity index (χ3v) is 4.66. The Bertz CT molecular complexity index is 604. The minimum atomic E-state index is -0.836. The number of carboxylic acids is 1. The molecule has 0 unspecified atom stereocenters. The molecule has 1 saturated heterocycles. The highest BCUT2D eigenvalue weighted by Crippen LogP contribution is 2.21. The highest BCUT2D eigenvalue weighted by atomic mass is 16.6. The summed E-state index contributed by atoms with van der Waals surface area (Å²) in [6.07, 6.45) is 1.91. The first-order valence-corrected chi connectivity index (χ1v) is 9.72. The highest BCUT2D eigenvalue weighted by molar-refractivity contribution is 5.69. The minimum Gasteiger partial charge on any atom is -0.481 e. The molecule has 6 nitrogen and oxygen atoms in total. The molecule has 1 aliphatic rings. The molecule has 1 N–H and O–H groups in total. The summed E-state index contributed by atoms with van der Waals surface area (Å²) in [5.41, 5.74) is 0.734. The third kappa shape index (κ3) is 7.59. The van der Waals surface area contributed by atoms with Crippen molar-refractivity contribution in [2.75, 3.05) is 19.6 Å². The summed E-state index contributed by atoms with van der Waals surface area (Å²) in [6, 6.07) is 10.5. The SMILES string of the molecule is CC(C)(C)OC(=O)N(CCCC(=O)O)C1CCN(Cc2ccccc2)CC1. The predicted octanol–water partition coefficient (Wildman–Crippen LogP) is 3.75. The van der Waals surface area contributed by atoms with Crippen molar-refractivity contribution in [1.82, 2.24) is 9.80 Å². The van der Waals surface area contributed by atoms with Crippen molar-refractivity contribution in [3.8, 4) is 0 Å². The normalized spacial score (nSPS) is 16.1. The Morgan fingerprint density at radius 2 is 1.81 bits per heavy atom. The molecule has 0 bridgehead atoms. The molecular formula is C21H32N2O4. The lowest BCUT2D eigenvalue weighted by Crippen LogP contribution is -2.49. The lowest BCUT2D eigenvalue weighted by atomic mass is 10.0. The Hall–Kier alpha value is -2.08. The first-order chi connectivity index (χ1) is 12.7. The topological polar surface area (TPSA) is 70.1 Å². The maximum absolute atomic E-state index is 12.6. The monoisotopic (exact) mass is 376 g/mol. The number of nitrogens with zero attached hydrogens (tertiary/aromatic N) is 2. The van der Waals surface area contributed by atoms with E-state index in [9.17, 15) is 9.59 Å². The van der Waals surface area contributed by atoms with Gasteiger partial charge in [-0.05, 0) is 45.6 Å². The molecule has 0 saturated carbocycles. The molecule has 1 heterocycles. The van der Waals surface area contributed by atoms with Gasteiger partial charge in [-0.25, -0.2) is 4.79 Å². The van der Waals surface area contributed by atoms with Crippen LogP contribution in [0.3, 0.4) is 0 Å². The molecule has 150 valence electrons. The molecular weight excluding hydrogens is 344 g/mol. The number of aliphatic carboxylic acids is 1. The fourth-order valence-corrected chi connectivity index (χ4v) is 3.37. The number of likely N-dealkylation sites (tertiary alicyclic amines) is 1. The number of benzene rings is 1. The van der Waals surface area contributed by atoms with Gasteiger partial charge >= 0.3 is 12.1 Å². The van der Waals surface area contributed by atoms with Gasteiger partial charge in [0.25, 0.3) is 0 Å². The van der Waals surface area contributed by atoms with E-state index in [0.29, 0.717) is 13.0 Å². The predicted molar refractivity (Wildman–Crippen MR) is 105 cm³/mol. The van der Waals surface area contributed by atoms with E-state index in [1.54, 1.807) is 4.90 Å². The average molecular weight is 376 g/mol. The molecule has 1 aliphatic heterocycles. The summed E-state index contributed by atoms with van der Waals surface area (Å²) in [6.45, 7) is 8.72. The molecule has 6 heteroatoms. The van der Waals surface area contributed by atoms with Crippen LogP contribution in [-0.2, 0) is 16.1 Å². The van der Waals surface area contributed by atoms with E-state index >= 15 is 0 Å². The molecule has 0 aliphatic carbocycles. The number of hydrogen-bond acceptors (Lipinski definition) is 4. The summed E-state index contributed by atoms with van der Waals surface area (Å²) in [7, 11) is 0. The van der Waals surface area contributed by atoms with E-state index in [0.717, 1.165) is 32.5 Å². The maximum Gasteiger partial charge on any atom is 0.410 e. The van der Waals surface area contributed by atoms with Crippen molar-refractivity contribution in [1.29, 1.82) is 0 Å². The first kappa shape index (κ1) is 21.2. The van der Waals surface area contributed by atoms with Gasteiger partial charge in [0.2, 0.25) is 0 Å². The van der Waals surface area contributed by atoms with E-state index in [-0.39, 0.29) is 18.6 Å². The average Bonchev–Trinajstić information content (AvgIpc) is 2.59. The number of carbonyl (C=O) groups excluding carboxylic acids is 1. The zero-order chi connectivity index (χ0) is 19.9. The molecule has 0 spiro atoms. The molecule has 0 radical (unpaired) electrons. The van der Waals surface area contributed by atoms with E-state index in [4.69, 9.17) is 9.84 Å². The highest BCUT2D eigenvalue weighted by Gasteiger charge is 2.30. The van der Waals surface area contributed by atoms with Crippen LogP contribution in [0, 0.1) is 0 Å². The van der Waals surface area contributed by atoms with Crippen molar-refractivity contribution < 1.29 is 19.4 Å². The standard InChI is InChI=1S/C21H32N2O4/c1-21(2,3)27-20(26)23(13-7-10-19(24)25)18-11-14-22(15-12-18)16-17-8-5-4-6-9-17/h4-6,8-9,18H,7,10-16H2,1-3H3,(H,24,25). The van der Waals surface area contributed by atoms with Gasteiger partial charge in [0.1, 0.15) is 5.60 Å². The Morgan fingerprint density at radius 3 is 2.37 bits per heavy atom. The van der Waals surface area contributed by atoms with Crippen LogP contribution in [0.25, 0.3) is 0 Å². The molecule has 1 aromatic rings. The largest absolute Gasteiger partial charge is 0.481 e. The third-order valence-electron chi connectivity index (χ3n) is 4.66. The van der Waals surface area contributed by atoms with Crippen molar-refractivity contribution >= 4 is 12.1 Å². The van der Waals surface area contributed by atoms with Gasteiger partial charge in [-0.2, -0.15) is 0 Å². The number of carbonyl (C=O) groups is 2. The van der Waals surface area contributed by atoms with Gasteiger partial charge in [0.15, 0.2) is 0 Å². The summed E-state index contributed by atoms with van der Waals surface area (Å²) in [4.78, 5) is 27.6. The summed E-state index contributed by atoms with van der Waals surface area (Å²) >= 11 is 0. The Kier molecular flexibility index (Phi) is 7.66. The smallest absolute Gasteiger partial charge is 0.410 e. The Balaban J connectivity index is 1.92. The van der Waals surface area contributed by atoms with Crippen molar-refractivity contribution in [3.05, 3.63) is 35.9 Å². The maximum atomic E-state index is 12.6. The lowest BCUT2D eigenvalue weighted by molar-refractivity contribution is -0.137. The van der Waals surface area contributed by atoms with Crippen LogP contribution in [0.2, 0.25) is 0 Å². The van der Waals surface area contributed by atoms with Crippen LogP contribution >= 0.6 is 0 Å². The molecule has 0 aromatic heterocycles. The van der Waals surface area contributed by atoms with Crippen LogP contribution < -0.4 is 0 Å². The Morgan fingerprint density at radius 1 is 1.19 bits per heavy atom. The summed E-state index contributed by atoms with van der Waals surface area (Å²) in [5, 5.41) is 8.90. The second-order valence-corrected chi connectivity index (χ2v) is 8.16. The van der Waals surface area contributed by atoms with E-state index < -0.39 is 11.6 Å².